The van der Waals surface area contributed by atoms with E-state index in [0.717, 1.165) is 31.1 Å². The summed E-state index contributed by atoms with van der Waals surface area (Å²) in [5, 5.41) is 21.2. The Morgan fingerprint density at radius 1 is 1.02 bits per heavy atom. The molecule has 4 bridgehead atoms. The maximum absolute atomic E-state index is 14.1. The second-order valence-corrected chi connectivity index (χ2v) is 12.4. The van der Waals surface area contributed by atoms with Crippen molar-refractivity contribution in [2.24, 2.45) is 23.7 Å². The van der Waals surface area contributed by atoms with E-state index in [2.05, 4.69) is 15.2 Å². The third kappa shape index (κ3) is 5.14. The fraction of sp³-hybridized carbons (Fsp3) is 0.406. The summed E-state index contributed by atoms with van der Waals surface area (Å²) >= 11 is 6.27. The molecule has 0 unspecified atom stereocenters. The first kappa shape index (κ1) is 30.4. The van der Waals surface area contributed by atoms with Crippen molar-refractivity contribution in [1.82, 2.24) is 20.1 Å². The first-order valence-electron chi connectivity index (χ1n) is 14.4. The molecule has 0 spiro atoms. The van der Waals surface area contributed by atoms with Crippen molar-refractivity contribution in [2.75, 3.05) is 20.8 Å². The van der Waals surface area contributed by atoms with E-state index in [1.54, 1.807) is 43.3 Å². The van der Waals surface area contributed by atoms with Gasteiger partial charge in [-0.25, -0.2) is 4.68 Å². The number of amides is 1. The van der Waals surface area contributed by atoms with Crippen LogP contribution in [0.5, 0.6) is 11.5 Å². The molecule has 1 amide bonds. The summed E-state index contributed by atoms with van der Waals surface area (Å²) in [5.74, 6) is 2.58. The zero-order valence-corrected chi connectivity index (χ0v) is 27.3. The minimum absolute atomic E-state index is 0. The molecule has 9 nitrogen and oxygen atoms in total. The van der Waals surface area contributed by atoms with Gasteiger partial charge in [0.25, 0.3) is 5.91 Å². The van der Waals surface area contributed by atoms with Crippen molar-refractivity contribution in [2.45, 2.75) is 37.6 Å². The molecular weight excluding hydrogens is 579 g/mol. The minimum atomic E-state index is -0.696. The number of halogens is 1. The number of nitrogens with zero attached hydrogens (tertiary/aromatic N) is 3. The summed E-state index contributed by atoms with van der Waals surface area (Å²) in [5.41, 5.74) is 2.19. The molecule has 2 aromatic carbocycles. The third-order valence-electron chi connectivity index (χ3n) is 9.78. The van der Waals surface area contributed by atoms with Crippen LogP contribution >= 0.6 is 11.6 Å². The van der Waals surface area contributed by atoms with Gasteiger partial charge < -0.3 is 24.9 Å². The van der Waals surface area contributed by atoms with Crippen LogP contribution in [-0.2, 0) is 4.89 Å². The maximum atomic E-state index is 14.1. The summed E-state index contributed by atoms with van der Waals surface area (Å²) in [6, 6.07) is 14.6. The van der Waals surface area contributed by atoms with Gasteiger partial charge in [-0.3, -0.25) is 9.78 Å². The van der Waals surface area contributed by atoms with E-state index in [0.29, 0.717) is 50.8 Å². The normalized spacial score (nSPS) is 25.4. The molecule has 4 aliphatic carbocycles. The molecule has 1 N–H and O–H groups in total. The molecule has 0 atom stereocenters. The van der Waals surface area contributed by atoms with Gasteiger partial charge in [-0.2, -0.15) is 5.10 Å². The Bertz CT molecular complexity index is 1630. The van der Waals surface area contributed by atoms with Crippen LogP contribution in [0, 0.1) is 23.7 Å². The largest absolute Gasteiger partial charge is 1.00 e. The van der Waals surface area contributed by atoms with Gasteiger partial charge in [-0.15, -0.1) is 0 Å². The molecule has 0 radical (unpaired) electrons. The van der Waals surface area contributed by atoms with Crippen LogP contribution in [0.4, 0.5) is 0 Å². The van der Waals surface area contributed by atoms with E-state index in [9.17, 15) is 10.1 Å². The Kier molecular flexibility index (Phi) is 8.49. The number of hydrogen-bond donors (Lipinski definition) is 1. The number of rotatable bonds is 8. The Morgan fingerprint density at radius 2 is 1.70 bits per heavy atom. The van der Waals surface area contributed by atoms with Crippen molar-refractivity contribution in [1.29, 1.82) is 0 Å². The van der Waals surface area contributed by atoms with Crippen LogP contribution in [0.15, 0.2) is 54.7 Å². The number of carbonyl (C=O) groups excluding carboxylic acids is 1. The molecule has 218 valence electrons. The van der Waals surface area contributed by atoms with E-state index in [1.807, 2.05) is 30.3 Å². The minimum Gasteiger partial charge on any atom is -0.723 e. The SMILES string of the molecule is COc1cccc(OC)c1-c1cc(C(=O)NC2(CO[O-])C3CC4CC(C3)CC2C4)nn1-c1ccnc2cc(Cl)ccc12.[Na+]. The summed E-state index contributed by atoms with van der Waals surface area (Å²) in [6.45, 7) is -0.0445. The molecule has 0 aliphatic heterocycles. The zero-order chi connectivity index (χ0) is 29.0. The van der Waals surface area contributed by atoms with Crippen molar-refractivity contribution in [3.63, 3.8) is 0 Å². The molecule has 4 aliphatic rings. The maximum Gasteiger partial charge on any atom is 1.00 e. The van der Waals surface area contributed by atoms with Gasteiger partial charge >= 0.3 is 29.6 Å². The van der Waals surface area contributed by atoms with Gasteiger partial charge in [0.15, 0.2) is 5.69 Å². The number of aromatic nitrogens is 3. The van der Waals surface area contributed by atoms with E-state index in [-0.39, 0.29) is 59.6 Å². The molecule has 0 saturated heterocycles. The van der Waals surface area contributed by atoms with Gasteiger partial charge in [0.2, 0.25) is 0 Å². The monoisotopic (exact) mass is 610 g/mol. The van der Waals surface area contributed by atoms with Crippen LogP contribution in [0.25, 0.3) is 27.8 Å². The van der Waals surface area contributed by atoms with E-state index in [4.69, 9.17) is 26.2 Å². The van der Waals surface area contributed by atoms with Crippen LogP contribution in [0.2, 0.25) is 5.02 Å². The number of methoxy groups -OCH3 is 2. The molecule has 2 aromatic heterocycles. The Hall–Kier alpha value is -2.66. The van der Waals surface area contributed by atoms with Gasteiger partial charge in [0.05, 0.1) is 48.8 Å². The van der Waals surface area contributed by atoms with Crippen LogP contribution in [-0.4, -0.2) is 47.0 Å². The molecule has 4 fully saturated rings. The number of pyridine rings is 1. The first-order chi connectivity index (χ1) is 20.4. The number of nitrogens with one attached hydrogen (secondary N) is 1. The molecule has 43 heavy (non-hydrogen) atoms. The average molecular weight is 611 g/mol. The summed E-state index contributed by atoms with van der Waals surface area (Å²) in [6.07, 6.45) is 7.00. The predicted octanol–water partition coefficient (Wildman–Crippen LogP) is 1.98. The van der Waals surface area contributed by atoms with Gasteiger partial charge in [0, 0.05) is 16.6 Å². The predicted molar refractivity (Wildman–Crippen MR) is 156 cm³/mol. The van der Waals surface area contributed by atoms with Gasteiger partial charge in [0.1, 0.15) is 11.5 Å². The molecule has 4 saturated carbocycles. The first-order valence-corrected chi connectivity index (χ1v) is 14.7. The molecule has 8 rings (SSSR count). The summed E-state index contributed by atoms with van der Waals surface area (Å²) in [4.78, 5) is 23.2. The van der Waals surface area contributed by atoms with Crippen molar-refractivity contribution < 1.29 is 54.0 Å². The molecule has 2 heterocycles. The summed E-state index contributed by atoms with van der Waals surface area (Å²) in [7, 11) is 3.19. The number of carbonyl (C=O) groups is 1. The van der Waals surface area contributed by atoms with Crippen LogP contribution < -0.4 is 49.6 Å². The average Bonchev–Trinajstić information content (AvgIpc) is 3.43. The van der Waals surface area contributed by atoms with Crippen LogP contribution in [0.3, 0.4) is 0 Å². The smallest absolute Gasteiger partial charge is 0.723 e. The van der Waals surface area contributed by atoms with Gasteiger partial charge in [-0.1, -0.05) is 17.7 Å². The van der Waals surface area contributed by atoms with E-state index >= 15 is 0 Å². The number of fused-ring (bicyclic) bond motifs is 1. The second-order valence-electron chi connectivity index (χ2n) is 11.9. The summed E-state index contributed by atoms with van der Waals surface area (Å²) < 4.78 is 13.2. The van der Waals surface area contributed by atoms with Gasteiger partial charge in [-0.05, 0) is 98.2 Å². The number of hydrogen-bond acceptors (Lipinski definition) is 7. The van der Waals surface area contributed by atoms with Crippen molar-refractivity contribution >= 4 is 28.4 Å². The fourth-order valence-corrected chi connectivity index (χ4v) is 8.29. The Labute approximate surface area is 277 Å². The standard InChI is InChI=1S/C32H33ClN4O5.Na/c1-40-28-4-3-5-29(41-2)30(28)27-16-25(36-37(27)26-8-9-34-24-15-22(33)6-7-23(24)26)31(38)35-32(17-42-39)20-11-18-10-19(13-20)14-21(32)12-18;/h3-9,15-16,18-21,39H,10-14,17H2,1-2H3,(H,35,38);/q;+1/p-1. The fourth-order valence-electron chi connectivity index (χ4n) is 8.12. The van der Waals surface area contributed by atoms with Crippen LogP contribution in [0.1, 0.15) is 42.6 Å². The molecule has 4 aromatic rings. The topological polar surface area (TPSA) is 111 Å². The third-order valence-corrected chi connectivity index (χ3v) is 10.0. The number of benzene rings is 2. The number of ether oxygens (including phenoxy) is 2. The zero-order valence-electron chi connectivity index (χ0n) is 24.5. The molecule has 11 heteroatoms. The quantitative estimate of drug-likeness (QED) is 0.185. The Balaban J connectivity index is 0.00000329. The second kappa shape index (κ2) is 12.0. The molecular formula is C32H32ClN4NaO5. The Morgan fingerprint density at radius 3 is 2.33 bits per heavy atom. The van der Waals surface area contributed by atoms with E-state index < -0.39 is 5.54 Å². The van der Waals surface area contributed by atoms with Crippen molar-refractivity contribution in [3.8, 4) is 28.4 Å². The van der Waals surface area contributed by atoms with E-state index in [1.165, 1.54) is 6.42 Å². The van der Waals surface area contributed by atoms with Crippen molar-refractivity contribution in [3.05, 3.63) is 65.4 Å².